The number of nitrogens with zero attached hydrogens (tertiary/aromatic N) is 1. The van der Waals surface area contributed by atoms with E-state index < -0.39 is 67.8 Å². The van der Waals surface area contributed by atoms with E-state index in [1.165, 1.54) is 0 Å². The van der Waals surface area contributed by atoms with Crippen molar-refractivity contribution in [3.63, 3.8) is 0 Å². The summed E-state index contributed by atoms with van der Waals surface area (Å²) in [5, 5.41) is 69.4. The lowest BCUT2D eigenvalue weighted by molar-refractivity contribution is -0.329. The lowest BCUT2D eigenvalue weighted by Gasteiger charge is -2.46. The van der Waals surface area contributed by atoms with Gasteiger partial charge in [0.25, 0.3) is 0 Å². The van der Waals surface area contributed by atoms with E-state index in [1.807, 2.05) is 0 Å². The van der Waals surface area contributed by atoms with Gasteiger partial charge in [0.15, 0.2) is 6.29 Å². The van der Waals surface area contributed by atoms with Crippen LogP contribution in [-0.2, 0) is 9.47 Å². The maximum Gasteiger partial charge on any atom is 0.187 e. The molecule has 10 nitrogen and oxygen atoms in total. The molecule has 0 spiro atoms. The molecule has 7 N–H and O–H groups in total. The van der Waals surface area contributed by atoms with Crippen LogP contribution in [0.25, 0.3) is 0 Å². The fourth-order valence-electron chi connectivity index (χ4n) is 3.79. The summed E-state index contributed by atoms with van der Waals surface area (Å²) in [6.45, 7) is 0.128. The van der Waals surface area contributed by atoms with Gasteiger partial charge in [-0.2, -0.15) is 0 Å². The average Bonchev–Trinajstić information content (AvgIpc) is 2.92. The van der Waals surface area contributed by atoms with Crippen LogP contribution in [0.4, 0.5) is 0 Å². The summed E-state index contributed by atoms with van der Waals surface area (Å²) < 4.78 is 10.7. The molecule has 0 amide bonds. The van der Waals surface area contributed by atoms with Crippen molar-refractivity contribution in [1.29, 1.82) is 0 Å². The van der Waals surface area contributed by atoms with Crippen molar-refractivity contribution in [2.75, 3.05) is 19.7 Å². The second-order valence-electron chi connectivity index (χ2n) is 6.70. The normalized spacial score (nSPS) is 53.1. The molecule has 3 saturated heterocycles. The zero-order valence-corrected chi connectivity index (χ0v) is 13.0. The van der Waals surface area contributed by atoms with E-state index >= 15 is 0 Å². The predicted molar refractivity (Wildman–Crippen MR) is 76.6 cm³/mol. The number of ether oxygens (including phenoxy) is 2. The van der Waals surface area contributed by atoms with E-state index in [2.05, 4.69) is 0 Å². The van der Waals surface area contributed by atoms with Gasteiger partial charge in [-0.05, 0) is 6.42 Å². The Labute approximate surface area is 138 Å². The largest absolute Gasteiger partial charge is 0.394 e. The number of rotatable bonds is 3. The Morgan fingerprint density at radius 1 is 0.917 bits per heavy atom. The maximum atomic E-state index is 10.5. The molecule has 3 aliphatic heterocycles. The molecule has 0 aromatic rings. The van der Waals surface area contributed by atoms with E-state index in [0.29, 0.717) is 13.0 Å². The summed E-state index contributed by atoms with van der Waals surface area (Å²) in [5.74, 6) is 0. The Hall–Kier alpha value is -0.400. The van der Waals surface area contributed by atoms with Gasteiger partial charge >= 0.3 is 0 Å². The van der Waals surface area contributed by atoms with Crippen molar-refractivity contribution < 1.29 is 45.2 Å². The summed E-state index contributed by atoms with van der Waals surface area (Å²) in [5.41, 5.74) is 0. The summed E-state index contributed by atoms with van der Waals surface area (Å²) >= 11 is 0. The molecule has 24 heavy (non-hydrogen) atoms. The molecule has 0 aromatic heterocycles. The highest BCUT2D eigenvalue weighted by molar-refractivity contribution is 5.02. The molecule has 3 fully saturated rings. The quantitative estimate of drug-likeness (QED) is 0.263. The van der Waals surface area contributed by atoms with Gasteiger partial charge in [-0.3, -0.25) is 4.90 Å². The first-order valence-corrected chi connectivity index (χ1v) is 8.09. The van der Waals surface area contributed by atoms with Crippen LogP contribution < -0.4 is 0 Å². The van der Waals surface area contributed by atoms with Gasteiger partial charge in [0, 0.05) is 13.1 Å². The average molecular weight is 351 g/mol. The van der Waals surface area contributed by atoms with Gasteiger partial charge in [0.05, 0.1) is 24.9 Å². The van der Waals surface area contributed by atoms with Crippen molar-refractivity contribution in [2.45, 2.75) is 67.6 Å². The van der Waals surface area contributed by atoms with E-state index in [4.69, 9.17) is 9.47 Å². The highest BCUT2D eigenvalue weighted by Gasteiger charge is 2.52. The molecule has 0 aromatic carbocycles. The molecule has 0 aliphatic carbocycles. The van der Waals surface area contributed by atoms with Crippen LogP contribution in [-0.4, -0.2) is 122 Å². The Morgan fingerprint density at radius 3 is 2.29 bits per heavy atom. The van der Waals surface area contributed by atoms with Gasteiger partial charge in [-0.1, -0.05) is 0 Å². The van der Waals surface area contributed by atoms with E-state index in [1.54, 1.807) is 4.90 Å². The molecule has 10 atom stereocenters. The van der Waals surface area contributed by atoms with E-state index in [-0.39, 0.29) is 6.54 Å². The molecule has 3 aliphatic rings. The highest BCUT2D eigenvalue weighted by atomic mass is 16.7. The van der Waals surface area contributed by atoms with Crippen molar-refractivity contribution >= 4 is 0 Å². The van der Waals surface area contributed by atoms with Crippen LogP contribution in [0.2, 0.25) is 0 Å². The van der Waals surface area contributed by atoms with Crippen molar-refractivity contribution in [3.8, 4) is 0 Å². The van der Waals surface area contributed by atoms with Crippen LogP contribution in [0.3, 0.4) is 0 Å². The Kier molecular flexibility index (Phi) is 5.42. The van der Waals surface area contributed by atoms with Crippen LogP contribution in [0.1, 0.15) is 6.42 Å². The maximum absolute atomic E-state index is 10.5. The SMILES string of the molecule is OC[C@H]1O[C@@H](O[C@H]2[C@H](O)[C@H]3[C@@H](O)CCN3C[C@@H]2O)[C@H](O)[C@@H](O)[C@@H]1O. The number of piperidine rings is 1. The Balaban J connectivity index is 1.72. The third kappa shape index (κ3) is 3.07. The smallest absolute Gasteiger partial charge is 0.187 e. The van der Waals surface area contributed by atoms with Crippen LogP contribution in [0.15, 0.2) is 0 Å². The summed E-state index contributed by atoms with van der Waals surface area (Å²) in [7, 11) is 0. The van der Waals surface area contributed by atoms with Crippen molar-refractivity contribution in [3.05, 3.63) is 0 Å². The highest BCUT2D eigenvalue weighted by Crippen LogP contribution is 2.32. The topological polar surface area (TPSA) is 163 Å². The zero-order chi connectivity index (χ0) is 17.6. The lowest BCUT2D eigenvalue weighted by atomic mass is 9.92. The Bertz CT molecular complexity index is 438. The standard InChI is InChI=1S/C14H25NO9/c16-4-7-9(19)11(21)12(22)14(23-7)24-13-6(18)3-15-2-1-5(17)8(15)10(13)20/h5-14,16-22H,1-4H2/t5-,6-,7+,8+,9+,10+,11-,12+,13+,14-/m0/s1. The summed E-state index contributed by atoms with van der Waals surface area (Å²) in [4.78, 5) is 1.77. The van der Waals surface area contributed by atoms with Crippen molar-refractivity contribution in [1.82, 2.24) is 4.90 Å². The molecule has 10 heteroatoms. The van der Waals surface area contributed by atoms with Crippen LogP contribution in [0.5, 0.6) is 0 Å². The fraction of sp³-hybridized carbons (Fsp3) is 1.00. The van der Waals surface area contributed by atoms with E-state index in [9.17, 15) is 35.7 Å². The molecule has 0 unspecified atom stereocenters. The second kappa shape index (κ2) is 7.08. The van der Waals surface area contributed by atoms with Crippen molar-refractivity contribution in [2.24, 2.45) is 0 Å². The molecule has 3 heterocycles. The third-order valence-electron chi connectivity index (χ3n) is 5.15. The molecular formula is C14H25NO9. The Morgan fingerprint density at radius 2 is 1.62 bits per heavy atom. The number of hydrogen-bond acceptors (Lipinski definition) is 10. The first kappa shape index (κ1) is 18.4. The number of aliphatic hydroxyl groups is 7. The number of aliphatic hydroxyl groups excluding tert-OH is 7. The first-order valence-electron chi connectivity index (χ1n) is 8.09. The van der Waals surface area contributed by atoms with Gasteiger partial charge < -0.3 is 45.2 Å². The number of fused-ring (bicyclic) bond motifs is 1. The predicted octanol–water partition coefficient (Wildman–Crippen LogP) is -4.66. The monoisotopic (exact) mass is 351 g/mol. The minimum absolute atomic E-state index is 0.181. The first-order chi connectivity index (χ1) is 11.3. The van der Waals surface area contributed by atoms with E-state index in [0.717, 1.165) is 0 Å². The zero-order valence-electron chi connectivity index (χ0n) is 13.0. The molecule has 140 valence electrons. The number of hydrogen-bond donors (Lipinski definition) is 7. The van der Waals surface area contributed by atoms with Gasteiger partial charge in [0.1, 0.15) is 36.6 Å². The summed E-state index contributed by atoms with van der Waals surface area (Å²) in [6.07, 6.45) is -11.1. The van der Waals surface area contributed by atoms with Gasteiger partial charge in [-0.15, -0.1) is 0 Å². The van der Waals surface area contributed by atoms with Crippen LogP contribution in [0, 0.1) is 0 Å². The molecule has 3 rings (SSSR count). The fourth-order valence-corrected chi connectivity index (χ4v) is 3.79. The van der Waals surface area contributed by atoms with Crippen LogP contribution >= 0.6 is 0 Å². The molecule has 0 bridgehead atoms. The summed E-state index contributed by atoms with van der Waals surface area (Å²) in [6, 6.07) is -0.594. The minimum Gasteiger partial charge on any atom is -0.394 e. The molecular weight excluding hydrogens is 326 g/mol. The molecule has 0 radical (unpaired) electrons. The second-order valence-corrected chi connectivity index (χ2v) is 6.70. The van der Waals surface area contributed by atoms with Gasteiger partial charge in [-0.25, -0.2) is 0 Å². The van der Waals surface area contributed by atoms with Gasteiger partial charge in [0.2, 0.25) is 0 Å². The minimum atomic E-state index is -1.62. The molecule has 0 saturated carbocycles. The third-order valence-corrected chi connectivity index (χ3v) is 5.15. The lowest BCUT2D eigenvalue weighted by Crippen LogP contribution is -2.65.